The first-order chi connectivity index (χ1) is 8.40. The normalized spacial score (nSPS) is 20.4. The third-order valence-corrected chi connectivity index (χ3v) is 3.32. The maximum Gasteiger partial charge on any atom is 1.00 e. The molecular weight excluding hydrogens is 220 g/mol. The summed E-state index contributed by atoms with van der Waals surface area (Å²) in [6, 6.07) is 0. The SMILES string of the molecule is CC1=CC(=N)C=C(C)C1=C1C(C)=CC(=N)C=C1C.[H+].[H+]. The lowest BCUT2D eigenvalue weighted by atomic mass is 9.81. The summed E-state index contributed by atoms with van der Waals surface area (Å²) in [6.07, 6.45) is 7.59. The molecule has 2 N–H and O–H groups in total. The second-order valence-corrected chi connectivity index (χ2v) is 4.97. The van der Waals surface area contributed by atoms with Crippen molar-refractivity contribution in [2.75, 3.05) is 0 Å². The molecule has 0 aliphatic heterocycles. The van der Waals surface area contributed by atoms with Crippen molar-refractivity contribution < 1.29 is 2.85 Å². The van der Waals surface area contributed by atoms with Crippen LogP contribution in [0.15, 0.2) is 57.7 Å². The molecule has 0 saturated heterocycles. The van der Waals surface area contributed by atoms with Crippen LogP contribution in [0, 0.1) is 10.8 Å². The number of nitrogens with one attached hydrogen (secondary N) is 2. The van der Waals surface area contributed by atoms with Crippen LogP contribution in [0.3, 0.4) is 0 Å². The lowest BCUT2D eigenvalue weighted by Gasteiger charge is -2.23. The van der Waals surface area contributed by atoms with E-state index in [0.717, 1.165) is 22.3 Å². The van der Waals surface area contributed by atoms with Gasteiger partial charge in [0.1, 0.15) is 0 Å². The van der Waals surface area contributed by atoms with Gasteiger partial charge in [-0.15, -0.1) is 0 Å². The van der Waals surface area contributed by atoms with E-state index in [9.17, 15) is 0 Å². The first-order valence-corrected chi connectivity index (χ1v) is 6.06. The maximum absolute atomic E-state index is 7.75. The van der Waals surface area contributed by atoms with Gasteiger partial charge in [0.05, 0.1) is 11.4 Å². The van der Waals surface area contributed by atoms with Crippen molar-refractivity contribution in [1.29, 1.82) is 10.8 Å². The third-order valence-electron chi connectivity index (χ3n) is 3.32. The molecule has 2 heteroatoms. The van der Waals surface area contributed by atoms with E-state index >= 15 is 0 Å². The van der Waals surface area contributed by atoms with Gasteiger partial charge in [-0.3, -0.25) is 0 Å². The predicted molar refractivity (Wildman–Crippen MR) is 79.7 cm³/mol. The quantitative estimate of drug-likeness (QED) is 0.632. The fourth-order valence-electron chi connectivity index (χ4n) is 2.72. The Labute approximate surface area is 111 Å². The summed E-state index contributed by atoms with van der Waals surface area (Å²) in [5, 5.41) is 15.5. The number of hydrogen-bond donors (Lipinski definition) is 2. The highest BCUT2D eigenvalue weighted by Gasteiger charge is 2.19. The van der Waals surface area contributed by atoms with Crippen LogP contribution in [0.5, 0.6) is 0 Å². The fraction of sp³-hybridized carbons (Fsp3) is 0.250. The highest BCUT2D eigenvalue weighted by molar-refractivity contribution is 6.07. The monoisotopic (exact) mass is 240 g/mol. The summed E-state index contributed by atoms with van der Waals surface area (Å²) in [6.45, 7) is 8.20. The van der Waals surface area contributed by atoms with Crippen molar-refractivity contribution in [2.24, 2.45) is 0 Å². The Bertz CT molecular complexity index is 512. The predicted octanol–water partition coefficient (Wildman–Crippen LogP) is 4.36. The Hall–Kier alpha value is -1.96. The van der Waals surface area contributed by atoms with Crippen LogP contribution >= 0.6 is 0 Å². The van der Waals surface area contributed by atoms with Crippen LogP contribution in [0.2, 0.25) is 0 Å². The summed E-state index contributed by atoms with van der Waals surface area (Å²) >= 11 is 0. The summed E-state index contributed by atoms with van der Waals surface area (Å²) in [7, 11) is 0. The minimum absolute atomic E-state index is 0. The van der Waals surface area contributed by atoms with Gasteiger partial charge < -0.3 is 10.8 Å². The molecule has 0 unspecified atom stereocenters. The van der Waals surface area contributed by atoms with Crippen LogP contribution in [-0.4, -0.2) is 11.4 Å². The van der Waals surface area contributed by atoms with Crippen molar-refractivity contribution in [3.8, 4) is 0 Å². The molecule has 0 amide bonds. The summed E-state index contributed by atoms with van der Waals surface area (Å²) in [4.78, 5) is 0. The lowest BCUT2D eigenvalue weighted by Crippen LogP contribution is -2.09. The minimum atomic E-state index is 0. The van der Waals surface area contributed by atoms with E-state index in [4.69, 9.17) is 10.8 Å². The molecule has 0 spiro atoms. The third kappa shape index (κ3) is 2.06. The molecule has 0 aromatic heterocycles. The first kappa shape index (κ1) is 12.5. The van der Waals surface area contributed by atoms with Gasteiger partial charge in [0.25, 0.3) is 0 Å². The molecule has 2 aliphatic carbocycles. The zero-order valence-electron chi connectivity index (χ0n) is 13.3. The molecule has 0 heterocycles. The van der Waals surface area contributed by atoms with E-state index in [-0.39, 0.29) is 2.85 Å². The van der Waals surface area contributed by atoms with Crippen LogP contribution in [0.4, 0.5) is 0 Å². The number of hydrogen-bond acceptors (Lipinski definition) is 2. The molecule has 0 aromatic rings. The van der Waals surface area contributed by atoms with E-state index in [0.29, 0.717) is 11.4 Å². The van der Waals surface area contributed by atoms with Gasteiger partial charge >= 0.3 is 2.85 Å². The van der Waals surface area contributed by atoms with Crippen molar-refractivity contribution in [3.63, 3.8) is 0 Å². The smallest absolute Gasteiger partial charge is 0.301 e. The highest BCUT2D eigenvalue weighted by Crippen LogP contribution is 2.35. The van der Waals surface area contributed by atoms with Crippen molar-refractivity contribution in [1.82, 2.24) is 0 Å². The van der Waals surface area contributed by atoms with E-state index < -0.39 is 0 Å². The van der Waals surface area contributed by atoms with E-state index in [1.807, 2.05) is 52.0 Å². The summed E-state index contributed by atoms with van der Waals surface area (Å²) in [5.41, 5.74) is 8.05. The van der Waals surface area contributed by atoms with Gasteiger partial charge in [0.15, 0.2) is 0 Å². The van der Waals surface area contributed by atoms with Gasteiger partial charge in [-0.2, -0.15) is 0 Å². The Morgan fingerprint density at radius 2 is 0.833 bits per heavy atom. The molecule has 18 heavy (non-hydrogen) atoms. The molecule has 0 aromatic carbocycles. The molecule has 0 radical (unpaired) electrons. The van der Waals surface area contributed by atoms with E-state index in [1.54, 1.807) is 0 Å². The molecule has 2 rings (SSSR count). The molecule has 0 bridgehead atoms. The molecular formula is C16H20N2+2. The average Bonchev–Trinajstić information content (AvgIpc) is 2.20. The first-order valence-electron chi connectivity index (χ1n) is 6.06. The molecule has 0 fully saturated rings. The second-order valence-electron chi connectivity index (χ2n) is 4.97. The fourth-order valence-corrected chi connectivity index (χ4v) is 2.72. The molecule has 0 saturated carbocycles. The average molecular weight is 240 g/mol. The Morgan fingerprint density at radius 3 is 1.06 bits per heavy atom. The minimum Gasteiger partial charge on any atom is -0.301 e. The van der Waals surface area contributed by atoms with Crippen LogP contribution in [0.25, 0.3) is 0 Å². The topological polar surface area (TPSA) is 47.7 Å². The van der Waals surface area contributed by atoms with Crippen molar-refractivity contribution in [2.45, 2.75) is 27.7 Å². The number of allylic oxidation sites excluding steroid dienone is 10. The van der Waals surface area contributed by atoms with Gasteiger partial charge in [-0.25, -0.2) is 0 Å². The molecule has 0 atom stereocenters. The maximum atomic E-state index is 7.75. The molecule has 92 valence electrons. The van der Waals surface area contributed by atoms with E-state index in [2.05, 4.69) is 0 Å². The standard InChI is InChI=1S/C16H18N2/c1-9-5-13(17)6-10(2)15(9)16-11(3)7-14(18)8-12(16)4/h5-8,17-18H,1-4H3/p+2. The van der Waals surface area contributed by atoms with Gasteiger partial charge in [-0.05, 0) is 85.4 Å². The Balaban J connectivity index is 0.00000180. The second kappa shape index (κ2) is 4.37. The lowest BCUT2D eigenvalue weighted by molar-refractivity contribution is 1.20. The van der Waals surface area contributed by atoms with Gasteiger partial charge in [0.2, 0.25) is 0 Å². The Morgan fingerprint density at radius 1 is 0.611 bits per heavy atom. The van der Waals surface area contributed by atoms with Crippen LogP contribution in [-0.2, 0) is 0 Å². The van der Waals surface area contributed by atoms with Gasteiger partial charge in [0, 0.05) is 0 Å². The molecule has 2 nitrogen and oxygen atoms in total. The highest BCUT2D eigenvalue weighted by atomic mass is 14.4. The largest absolute Gasteiger partial charge is 1.00 e. The molecule has 2 aliphatic rings. The van der Waals surface area contributed by atoms with Crippen LogP contribution in [0.1, 0.15) is 30.5 Å². The van der Waals surface area contributed by atoms with Crippen molar-refractivity contribution >= 4 is 11.4 Å². The van der Waals surface area contributed by atoms with Crippen LogP contribution < -0.4 is 0 Å². The Kier molecular flexibility index (Phi) is 3.04. The summed E-state index contributed by atoms with van der Waals surface area (Å²) < 4.78 is 0. The van der Waals surface area contributed by atoms with Gasteiger partial charge in [-0.1, -0.05) is 0 Å². The zero-order valence-corrected chi connectivity index (χ0v) is 11.3. The number of rotatable bonds is 0. The van der Waals surface area contributed by atoms with Crippen molar-refractivity contribution in [3.05, 3.63) is 57.7 Å². The zero-order chi connectivity index (χ0) is 13.4. The van der Waals surface area contributed by atoms with E-state index in [1.165, 1.54) is 11.1 Å². The summed E-state index contributed by atoms with van der Waals surface area (Å²) in [5.74, 6) is 0.